The number of halogens is 1. The molecule has 0 bridgehead atoms. The van der Waals surface area contributed by atoms with Crippen molar-refractivity contribution in [2.75, 3.05) is 5.32 Å². The minimum atomic E-state index is -0.308. The van der Waals surface area contributed by atoms with Crippen LogP contribution in [-0.4, -0.2) is 19.6 Å². The topological polar surface area (TPSA) is 76.1 Å². The monoisotopic (exact) mass is 338 g/mol. The van der Waals surface area contributed by atoms with Gasteiger partial charge in [-0.2, -0.15) is 4.98 Å². The third-order valence-corrected chi connectivity index (χ3v) is 4.42. The normalized spacial score (nSPS) is 14.5. The van der Waals surface area contributed by atoms with Gasteiger partial charge < -0.3 is 14.1 Å². The van der Waals surface area contributed by atoms with Crippen LogP contribution in [-0.2, 0) is 6.61 Å². The molecule has 2 heterocycles. The SMILES string of the molecule is OCc1ccc2oc(Nc3nc4cc(F)ccc4n3C3CC3)nc2c1. The molecule has 0 saturated heterocycles. The van der Waals surface area contributed by atoms with Gasteiger partial charge in [-0.25, -0.2) is 9.37 Å². The van der Waals surface area contributed by atoms with Crippen molar-refractivity contribution >= 4 is 34.1 Å². The molecular formula is C18H15FN4O2. The standard InChI is InChI=1S/C18H15FN4O2/c19-11-2-5-15-13(8-11)20-17(23(15)12-3-4-12)22-18-21-14-7-10(9-24)1-6-16(14)25-18/h1-2,5-8,12,24H,3-4,9H2,(H,20,21,22). The molecule has 1 aliphatic rings. The number of oxazole rings is 1. The molecule has 126 valence electrons. The Morgan fingerprint density at radius 1 is 1.16 bits per heavy atom. The molecule has 0 amide bonds. The van der Waals surface area contributed by atoms with Gasteiger partial charge in [0.05, 0.1) is 17.6 Å². The third kappa shape index (κ3) is 2.44. The summed E-state index contributed by atoms with van der Waals surface area (Å²) in [5.74, 6) is 0.287. The summed E-state index contributed by atoms with van der Waals surface area (Å²) in [6.45, 7) is -0.0470. The number of aliphatic hydroxyl groups excluding tert-OH is 1. The van der Waals surface area contributed by atoms with Crippen LogP contribution in [0.5, 0.6) is 0 Å². The van der Waals surface area contributed by atoms with E-state index in [9.17, 15) is 9.50 Å². The van der Waals surface area contributed by atoms with Crippen molar-refractivity contribution in [3.8, 4) is 0 Å². The van der Waals surface area contributed by atoms with Crippen LogP contribution in [0.2, 0.25) is 0 Å². The Balaban J connectivity index is 1.58. The lowest BCUT2D eigenvalue weighted by Crippen LogP contribution is -2.02. The molecule has 7 heteroatoms. The predicted octanol–water partition coefficient (Wildman–Crippen LogP) is 3.89. The van der Waals surface area contributed by atoms with E-state index in [0.717, 1.165) is 23.9 Å². The second-order valence-corrected chi connectivity index (χ2v) is 6.27. The number of hydrogen-bond acceptors (Lipinski definition) is 5. The molecule has 0 radical (unpaired) electrons. The number of imidazole rings is 1. The van der Waals surface area contributed by atoms with Crippen molar-refractivity contribution in [1.82, 2.24) is 14.5 Å². The maximum Gasteiger partial charge on any atom is 0.302 e. The molecule has 1 aliphatic carbocycles. The molecule has 4 aromatic rings. The summed E-state index contributed by atoms with van der Waals surface area (Å²) in [4.78, 5) is 8.91. The van der Waals surface area contributed by atoms with Crippen LogP contribution in [0.15, 0.2) is 40.8 Å². The molecule has 0 aliphatic heterocycles. The number of nitrogens with one attached hydrogen (secondary N) is 1. The molecule has 0 spiro atoms. The quantitative estimate of drug-likeness (QED) is 0.590. The van der Waals surface area contributed by atoms with E-state index in [-0.39, 0.29) is 12.4 Å². The van der Waals surface area contributed by atoms with Crippen LogP contribution in [0.3, 0.4) is 0 Å². The Bertz CT molecular complexity index is 1100. The summed E-state index contributed by atoms with van der Waals surface area (Å²) in [6, 6.07) is 10.7. The van der Waals surface area contributed by atoms with Gasteiger partial charge in [0, 0.05) is 12.1 Å². The van der Waals surface area contributed by atoms with E-state index in [1.807, 2.05) is 0 Å². The zero-order valence-electron chi connectivity index (χ0n) is 13.2. The number of rotatable bonds is 4. The van der Waals surface area contributed by atoms with Crippen LogP contribution >= 0.6 is 0 Å². The van der Waals surface area contributed by atoms with Gasteiger partial charge in [-0.05, 0) is 42.7 Å². The van der Waals surface area contributed by atoms with Crippen LogP contribution < -0.4 is 5.32 Å². The highest BCUT2D eigenvalue weighted by Gasteiger charge is 2.29. The van der Waals surface area contributed by atoms with Gasteiger partial charge >= 0.3 is 6.01 Å². The summed E-state index contributed by atoms with van der Waals surface area (Å²) < 4.78 is 21.3. The van der Waals surface area contributed by atoms with Crippen LogP contribution in [0.25, 0.3) is 22.1 Å². The van der Waals surface area contributed by atoms with Crippen molar-refractivity contribution < 1.29 is 13.9 Å². The van der Waals surface area contributed by atoms with Crippen LogP contribution in [0, 0.1) is 5.82 Å². The van der Waals surface area contributed by atoms with Crippen molar-refractivity contribution in [1.29, 1.82) is 0 Å². The first kappa shape index (κ1) is 14.4. The lowest BCUT2D eigenvalue weighted by Gasteiger charge is -2.06. The van der Waals surface area contributed by atoms with Gasteiger partial charge in [-0.1, -0.05) is 6.07 Å². The van der Waals surface area contributed by atoms with E-state index in [4.69, 9.17) is 4.42 Å². The van der Waals surface area contributed by atoms with E-state index in [2.05, 4.69) is 19.9 Å². The molecule has 2 aromatic heterocycles. The highest BCUT2D eigenvalue weighted by Crippen LogP contribution is 2.41. The summed E-state index contributed by atoms with van der Waals surface area (Å²) >= 11 is 0. The average Bonchev–Trinajstić information content (AvgIpc) is 3.26. The lowest BCUT2D eigenvalue weighted by atomic mass is 10.2. The van der Waals surface area contributed by atoms with Gasteiger partial charge in [-0.3, -0.25) is 5.32 Å². The first-order chi connectivity index (χ1) is 12.2. The second kappa shape index (κ2) is 5.29. The first-order valence-electron chi connectivity index (χ1n) is 8.16. The number of anilines is 2. The molecule has 5 rings (SSSR count). The van der Waals surface area contributed by atoms with E-state index < -0.39 is 0 Å². The Labute approximate surface area is 141 Å². The molecule has 2 N–H and O–H groups in total. The highest BCUT2D eigenvalue weighted by atomic mass is 19.1. The molecule has 0 atom stereocenters. The number of benzene rings is 2. The maximum atomic E-state index is 13.5. The minimum absolute atomic E-state index is 0.0470. The molecule has 0 unspecified atom stereocenters. The Kier molecular flexibility index (Phi) is 3.05. The first-order valence-corrected chi connectivity index (χ1v) is 8.16. The molecule has 1 saturated carbocycles. The smallest absolute Gasteiger partial charge is 0.302 e. The minimum Gasteiger partial charge on any atom is -0.423 e. The number of fused-ring (bicyclic) bond motifs is 2. The van der Waals surface area contributed by atoms with E-state index in [0.29, 0.717) is 34.6 Å². The number of aliphatic hydroxyl groups is 1. The lowest BCUT2D eigenvalue weighted by molar-refractivity contribution is 0.282. The molecule has 2 aromatic carbocycles. The van der Waals surface area contributed by atoms with E-state index in [1.165, 1.54) is 12.1 Å². The van der Waals surface area contributed by atoms with Gasteiger partial charge in [0.1, 0.15) is 11.3 Å². The fraction of sp³-hybridized carbons (Fsp3) is 0.222. The number of nitrogens with zero attached hydrogens (tertiary/aromatic N) is 3. The van der Waals surface area contributed by atoms with Crippen molar-refractivity contribution in [3.05, 3.63) is 47.8 Å². The molecule has 1 fully saturated rings. The summed E-state index contributed by atoms with van der Waals surface area (Å²) in [7, 11) is 0. The Hall–Kier alpha value is -2.93. The number of aromatic nitrogens is 3. The van der Waals surface area contributed by atoms with Crippen molar-refractivity contribution in [2.45, 2.75) is 25.5 Å². The third-order valence-electron chi connectivity index (χ3n) is 4.42. The van der Waals surface area contributed by atoms with E-state index in [1.54, 1.807) is 24.3 Å². The van der Waals surface area contributed by atoms with Gasteiger partial charge in [0.25, 0.3) is 0 Å². The Morgan fingerprint density at radius 2 is 2.04 bits per heavy atom. The van der Waals surface area contributed by atoms with Crippen LogP contribution in [0.1, 0.15) is 24.4 Å². The van der Waals surface area contributed by atoms with Gasteiger partial charge in [0.15, 0.2) is 5.58 Å². The Morgan fingerprint density at radius 3 is 2.84 bits per heavy atom. The van der Waals surface area contributed by atoms with Crippen molar-refractivity contribution in [2.24, 2.45) is 0 Å². The predicted molar refractivity (Wildman–Crippen MR) is 91.2 cm³/mol. The molecule has 25 heavy (non-hydrogen) atoms. The average molecular weight is 338 g/mol. The largest absolute Gasteiger partial charge is 0.423 e. The zero-order valence-corrected chi connectivity index (χ0v) is 13.2. The molecule has 6 nitrogen and oxygen atoms in total. The van der Waals surface area contributed by atoms with Gasteiger partial charge in [0.2, 0.25) is 5.95 Å². The fourth-order valence-electron chi connectivity index (χ4n) is 3.08. The summed E-state index contributed by atoms with van der Waals surface area (Å²) in [5.41, 5.74) is 3.56. The zero-order chi connectivity index (χ0) is 17.0. The van der Waals surface area contributed by atoms with Gasteiger partial charge in [-0.15, -0.1) is 0 Å². The fourth-order valence-corrected chi connectivity index (χ4v) is 3.08. The molecular weight excluding hydrogens is 323 g/mol. The highest BCUT2D eigenvalue weighted by molar-refractivity contribution is 5.80. The summed E-state index contributed by atoms with van der Waals surface area (Å²) in [5, 5.41) is 12.3. The second-order valence-electron chi connectivity index (χ2n) is 6.27. The number of hydrogen-bond donors (Lipinski definition) is 2. The maximum absolute atomic E-state index is 13.5. The van der Waals surface area contributed by atoms with E-state index >= 15 is 0 Å². The van der Waals surface area contributed by atoms with Crippen LogP contribution in [0.4, 0.5) is 16.4 Å². The van der Waals surface area contributed by atoms with Crippen molar-refractivity contribution in [3.63, 3.8) is 0 Å². The summed E-state index contributed by atoms with van der Waals surface area (Å²) in [6.07, 6.45) is 2.15.